The second kappa shape index (κ2) is 3.85. The summed E-state index contributed by atoms with van der Waals surface area (Å²) in [6.07, 6.45) is 4.98. The molecule has 1 aromatic heterocycles. The molecule has 0 bridgehead atoms. The fraction of sp³-hybridized carbons (Fsp3) is 0.583. The van der Waals surface area contributed by atoms with Crippen LogP contribution in [0.15, 0.2) is 6.20 Å². The average Bonchev–Trinajstić information content (AvgIpc) is 2.29. The van der Waals surface area contributed by atoms with Crippen molar-refractivity contribution in [2.24, 2.45) is 0 Å². The van der Waals surface area contributed by atoms with Crippen LogP contribution in [0.1, 0.15) is 43.8 Å². The summed E-state index contributed by atoms with van der Waals surface area (Å²) >= 11 is 0. The van der Waals surface area contributed by atoms with Gasteiger partial charge in [-0.15, -0.1) is 0 Å². The van der Waals surface area contributed by atoms with Gasteiger partial charge in [-0.3, -0.25) is 4.79 Å². The molecule has 0 saturated heterocycles. The van der Waals surface area contributed by atoms with E-state index in [0.717, 1.165) is 36.3 Å². The van der Waals surface area contributed by atoms with Crippen LogP contribution >= 0.6 is 0 Å². The first-order chi connectivity index (χ1) is 7.58. The van der Waals surface area contributed by atoms with Crippen molar-refractivity contribution in [3.63, 3.8) is 0 Å². The standard InChI is InChI=1S/C12H16N2O2/c1-3-9-13-7-8-5-4-6-12(2,11(15)16)10(8)14-9/h7H,3-6H2,1-2H3,(H,15,16). The Bertz CT molecular complexity index is 431. The van der Waals surface area contributed by atoms with Crippen LogP contribution in [-0.4, -0.2) is 21.0 Å². The minimum absolute atomic E-state index is 0.662. The van der Waals surface area contributed by atoms with Gasteiger partial charge in [-0.1, -0.05) is 6.92 Å². The Morgan fingerprint density at radius 3 is 3.00 bits per heavy atom. The first-order valence-electron chi connectivity index (χ1n) is 5.66. The lowest BCUT2D eigenvalue weighted by molar-refractivity contribution is -0.143. The predicted molar refractivity (Wildman–Crippen MR) is 59.3 cm³/mol. The predicted octanol–water partition coefficient (Wildman–Crippen LogP) is 1.72. The quantitative estimate of drug-likeness (QED) is 0.824. The van der Waals surface area contributed by atoms with Crippen molar-refractivity contribution < 1.29 is 9.90 Å². The Kier molecular flexibility index (Phi) is 2.66. The molecule has 0 fully saturated rings. The minimum Gasteiger partial charge on any atom is -0.481 e. The third-order valence-electron chi connectivity index (χ3n) is 3.35. The Hall–Kier alpha value is -1.45. The van der Waals surface area contributed by atoms with E-state index in [9.17, 15) is 9.90 Å². The second-order valence-electron chi connectivity index (χ2n) is 4.50. The van der Waals surface area contributed by atoms with Crippen molar-refractivity contribution in [3.05, 3.63) is 23.3 Å². The first-order valence-corrected chi connectivity index (χ1v) is 5.66. The molecule has 1 aliphatic rings. The van der Waals surface area contributed by atoms with Crippen molar-refractivity contribution in [1.29, 1.82) is 0 Å². The number of aromatic nitrogens is 2. The monoisotopic (exact) mass is 220 g/mol. The molecule has 0 amide bonds. The van der Waals surface area contributed by atoms with Crippen LogP contribution in [0, 0.1) is 0 Å². The molecule has 1 N–H and O–H groups in total. The number of carbonyl (C=O) groups is 1. The zero-order chi connectivity index (χ0) is 11.8. The molecule has 0 radical (unpaired) electrons. The highest BCUT2D eigenvalue weighted by atomic mass is 16.4. The number of carboxylic acids is 1. The van der Waals surface area contributed by atoms with Crippen molar-refractivity contribution in [1.82, 2.24) is 9.97 Å². The van der Waals surface area contributed by atoms with Gasteiger partial charge < -0.3 is 5.11 Å². The van der Waals surface area contributed by atoms with E-state index in [1.54, 1.807) is 13.1 Å². The molecule has 2 rings (SSSR count). The molecule has 1 heterocycles. The van der Waals surface area contributed by atoms with E-state index >= 15 is 0 Å². The summed E-state index contributed by atoms with van der Waals surface area (Å²) in [7, 11) is 0. The minimum atomic E-state index is -0.833. The van der Waals surface area contributed by atoms with Crippen molar-refractivity contribution in [2.75, 3.05) is 0 Å². The molecular weight excluding hydrogens is 204 g/mol. The molecule has 1 unspecified atom stereocenters. The molecule has 4 nitrogen and oxygen atoms in total. The molecule has 0 spiro atoms. The number of aryl methyl sites for hydroxylation is 2. The fourth-order valence-corrected chi connectivity index (χ4v) is 2.23. The van der Waals surface area contributed by atoms with Gasteiger partial charge >= 0.3 is 5.97 Å². The smallest absolute Gasteiger partial charge is 0.315 e. The molecule has 86 valence electrons. The summed E-state index contributed by atoms with van der Waals surface area (Å²) < 4.78 is 0. The van der Waals surface area contributed by atoms with E-state index in [-0.39, 0.29) is 0 Å². The number of carboxylic acid groups (broad SMARTS) is 1. The molecule has 0 aromatic carbocycles. The Morgan fingerprint density at radius 1 is 1.62 bits per heavy atom. The number of nitrogens with zero attached hydrogens (tertiary/aromatic N) is 2. The lowest BCUT2D eigenvalue weighted by Gasteiger charge is -2.30. The normalized spacial score (nSPS) is 23.9. The van der Waals surface area contributed by atoms with E-state index in [1.807, 2.05) is 6.92 Å². The lowest BCUT2D eigenvalue weighted by Crippen LogP contribution is -2.37. The van der Waals surface area contributed by atoms with Gasteiger partial charge in [0.05, 0.1) is 5.69 Å². The van der Waals surface area contributed by atoms with Gasteiger partial charge in [0.1, 0.15) is 11.2 Å². The Balaban J connectivity index is 2.55. The molecule has 1 aromatic rings. The summed E-state index contributed by atoms with van der Waals surface area (Å²) in [5.74, 6) is -0.0534. The van der Waals surface area contributed by atoms with Gasteiger partial charge in [0.2, 0.25) is 0 Å². The molecule has 0 aliphatic heterocycles. The Labute approximate surface area is 94.7 Å². The van der Waals surface area contributed by atoms with Crippen molar-refractivity contribution in [3.8, 4) is 0 Å². The van der Waals surface area contributed by atoms with Gasteiger partial charge in [0.15, 0.2) is 0 Å². The van der Waals surface area contributed by atoms with Crippen LogP contribution in [0.4, 0.5) is 0 Å². The van der Waals surface area contributed by atoms with E-state index < -0.39 is 11.4 Å². The molecule has 0 saturated carbocycles. The van der Waals surface area contributed by atoms with Gasteiger partial charge in [-0.05, 0) is 31.7 Å². The maximum Gasteiger partial charge on any atom is 0.315 e. The van der Waals surface area contributed by atoms with E-state index in [1.165, 1.54) is 0 Å². The Morgan fingerprint density at radius 2 is 2.38 bits per heavy atom. The van der Waals surface area contributed by atoms with Crippen LogP contribution in [-0.2, 0) is 23.1 Å². The third-order valence-corrected chi connectivity index (χ3v) is 3.35. The van der Waals surface area contributed by atoms with Crippen LogP contribution in [0.5, 0.6) is 0 Å². The van der Waals surface area contributed by atoms with E-state index in [4.69, 9.17) is 0 Å². The van der Waals surface area contributed by atoms with Crippen LogP contribution in [0.25, 0.3) is 0 Å². The molecule has 1 atom stereocenters. The first kappa shape index (κ1) is 11.0. The third kappa shape index (κ3) is 1.58. The summed E-state index contributed by atoms with van der Waals surface area (Å²) in [6.45, 7) is 3.74. The average molecular weight is 220 g/mol. The van der Waals surface area contributed by atoms with E-state index in [0.29, 0.717) is 6.42 Å². The number of rotatable bonds is 2. The van der Waals surface area contributed by atoms with Crippen LogP contribution in [0.3, 0.4) is 0 Å². The molecule has 1 aliphatic carbocycles. The highest BCUT2D eigenvalue weighted by Gasteiger charge is 2.40. The number of hydrogen-bond acceptors (Lipinski definition) is 3. The largest absolute Gasteiger partial charge is 0.481 e. The summed E-state index contributed by atoms with van der Waals surface area (Å²) in [5, 5.41) is 9.35. The van der Waals surface area contributed by atoms with Gasteiger partial charge in [-0.2, -0.15) is 0 Å². The maximum atomic E-state index is 11.4. The topological polar surface area (TPSA) is 63.1 Å². The second-order valence-corrected chi connectivity index (χ2v) is 4.50. The lowest BCUT2D eigenvalue weighted by atomic mass is 9.75. The van der Waals surface area contributed by atoms with Gasteiger partial charge in [0, 0.05) is 12.6 Å². The summed E-state index contributed by atoms with van der Waals surface area (Å²) in [6, 6.07) is 0. The van der Waals surface area contributed by atoms with E-state index in [2.05, 4.69) is 9.97 Å². The van der Waals surface area contributed by atoms with Crippen molar-refractivity contribution in [2.45, 2.75) is 44.9 Å². The number of hydrogen-bond donors (Lipinski definition) is 1. The molecule has 16 heavy (non-hydrogen) atoms. The summed E-state index contributed by atoms with van der Waals surface area (Å²) in [5.41, 5.74) is 0.881. The van der Waals surface area contributed by atoms with Gasteiger partial charge in [-0.25, -0.2) is 9.97 Å². The number of aliphatic carboxylic acids is 1. The zero-order valence-corrected chi connectivity index (χ0v) is 9.66. The highest BCUT2D eigenvalue weighted by molar-refractivity contribution is 5.81. The zero-order valence-electron chi connectivity index (χ0n) is 9.66. The van der Waals surface area contributed by atoms with Crippen molar-refractivity contribution >= 4 is 5.97 Å². The van der Waals surface area contributed by atoms with Crippen LogP contribution in [0.2, 0.25) is 0 Å². The fourth-order valence-electron chi connectivity index (χ4n) is 2.23. The van der Waals surface area contributed by atoms with Gasteiger partial charge in [0.25, 0.3) is 0 Å². The van der Waals surface area contributed by atoms with Crippen LogP contribution < -0.4 is 0 Å². The number of fused-ring (bicyclic) bond motifs is 1. The molecular formula is C12H16N2O2. The highest BCUT2D eigenvalue weighted by Crippen LogP contribution is 2.35. The summed E-state index contributed by atoms with van der Waals surface area (Å²) in [4.78, 5) is 20.0. The SMILES string of the molecule is CCc1ncc2c(n1)C(C)(C(=O)O)CCC2. The molecule has 4 heteroatoms. The maximum absolute atomic E-state index is 11.4.